The van der Waals surface area contributed by atoms with Gasteiger partial charge in [0.1, 0.15) is 5.75 Å². The number of benzene rings is 2. The summed E-state index contributed by atoms with van der Waals surface area (Å²) in [5, 5.41) is 2.00. The molecule has 0 saturated carbocycles. The molecule has 0 spiro atoms. The summed E-state index contributed by atoms with van der Waals surface area (Å²) in [4.78, 5) is 18.5. The Morgan fingerprint density at radius 2 is 1.87 bits per heavy atom. The summed E-state index contributed by atoms with van der Waals surface area (Å²) in [5.41, 5.74) is 2.80. The Bertz CT molecular complexity index is 1150. The normalized spacial score (nSPS) is 16.7. The van der Waals surface area contributed by atoms with E-state index in [1.165, 1.54) is 29.7 Å². The minimum absolute atomic E-state index is 0. The topological polar surface area (TPSA) is 88.6 Å². The third-order valence-corrected chi connectivity index (χ3v) is 6.92. The number of nitrogens with zero attached hydrogens (tertiary/aromatic N) is 2. The second kappa shape index (κ2) is 8.08. The molecule has 1 unspecified atom stereocenters. The molecule has 1 N–H and O–H groups in total. The maximum atomic E-state index is 12.8. The van der Waals surface area contributed by atoms with Crippen molar-refractivity contribution in [2.45, 2.75) is 31.3 Å². The van der Waals surface area contributed by atoms with Gasteiger partial charge in [-0.1, -0.05) is 6.07 Å². The smallest absolute Gasteiger partial charge is 0.268 e. The van der Waals surface area contributed by atoms with E-state index >= 15 is 0 Å². The third-order valence-electron chi connectivity index (χ3n) is 4.74. The molecule has 1 amide bonds. The van der Waals surface area contributed by atoms with Gasteiger partial charge in [-0.2, -0.15) is 0 Å². The van der Waals surface area contributed by atoms with Gasteiger partial charge in [-0.25, -0.2) is 13.4 Å². The predicted octanol–water partition coefficient (Wildman–Crippen LogP) is 3.99. The van der Waals surface area contributed by atoms with Crippen LogP contribution in [0.15, 0.2) is 58.9 Å². The molecule has 0 bridgehead atoms. The van der Waals surface area contributed by atoms with Gasteiger partial charge in [0.25, 0.3) is 15.9 Å². The summed E-state index contributed by atoms with van der Waals surface area (Å²) in [6.07, 6.45) is 1.54. The molecule has 1 saturated heterocycles. The average Bonchev–Trinajstić information content (AvgIpc) is 3.31. The van der Waals surface area contributed by atoms with Crippen LogP contribution < -0.4 is 14.4 Å². The first-order chi connectivity index (χ1) is 14.3. The Balaban J connectivity index is 0.00000272. The molecule has 1 atom stereocenters. The molecule has 4 rings (SSSR count). The van der Waals surface area contributed by atoms with Crippen molar-refractivity contribution in [1.29, 1.82) is 0 Å². The molecule has 158 valence electrons. The monoisotopic (exact) mass is 445 g/mol. The van der Waals surface area contributed by atoms with Crippen molar-refractivity contribution >= 4 is 38.1 Å². The van der Waals surface area contributed by atoms with Crippen molar-refractivity contribution in [1.82, 2.24) is 4.98 Å². The molecule has 1 aliphatic rings. The average molecular weight is 446 g/mol. The first-order valence-electron chi connectivity index (χ1n) is 9.40. The summed E-state index contributed by atoms with van der Waals surface area (Å²) >= 11 is 1.20. The number of aromatic nitrogens is 1. The van der Waals surface area contributed by atoms with E-state index in [0.29, 0.717) is 29.5 Å². The second-order valence-electron chi connectivity index (χ2n) is 7.15. The Morgan fingerprint density at radius 3 is 2.50 bits per heavy atom. The number of carbonyl (C=O) groups excluding carboxylic acids is 1. The van der Waals surface area contributed by atoms with Gasteiger partial charge in [-0.05, 0) is 61.4 Å². The molecule has 0 radical (unpaired) electrons. The zero-order valence-corrected chi connectivity index (χ0v) is 18.2. The number of thiazole rings is 1. The number of rotatable bonds is 6. The lowest BCUT2D eigenvalue weighted by atomic mass is 10.1. The van der Waals surface area contributed by atoms with E-state index in [-0.39, 0.29) is 12.2 Å². The van der Waals surface area contributed by atoms with Gasteiger partial charge in [-0.3, -0.25) is 9.52 Å². The number of hydrogen-bond donors (Lipinski definition) is 1. The molecule has 2 heterocycles. The van der Waals surface area contributed by atoms with Crippen molar-refractivity contribution in [2.24, 2.45) is 0 Å². The molecule has 2 aromatic carbocycles. The lowest BCUT2D eigenvalue weighted by Crippen LogP contribution is -2.32. The minimum atomic E-state index is -3.73. The molecule has 7 nitrogen and oxygen atoms in total. The van der Waals surface area contributed by atoms with Crippen molar-refractivity contribution < 1.29 is 19.4 Å². The fourth-order valence-corrected chi connectivity index (χ4v) is 5.23. The van der Waals surface area contributed by atoms with Crippen LogP contribution in [0.2, 0.25) is 0 Å². The number of aryl methyl sites for hydroxylation is 2. The number of sulfonamides is 1. The predicted molar refractivity (Wildman–Crippen MR) is 119 cm³/mol. The van der Waals surface area contributed by atoms with Crippen LogP contribution in [0.3, 0.4) is 0 Å². The second-order valence-corrected chi connectivity index (χ2v) is 9.72. The van der Waals surface area contributed by atoms with Gasteiger partial charge in [0.15, 0.2) is 11.2 Å². The van der Waals surface area contributed by atoms with Crippen LogP contribution in [0.25, 0.3) is 0 Å². The lowest BCUT2D eigenvalue weighted by molar-refractivity contribution is -0.122. The maximum absolute atomic E-state index is 12.8. The van der Waals surface area contributed by atoms with Gasteiger partial charge in [0, 0.05) is 31.7 Å². The van der Waals surface area contributed by atoms with Crippen LogP contribution in [-0.4, -0.2) is 32.0 Å². The highest BCUT2D eigenvalue weighted by atomic mass is 32.2. The van der Waals surface area contributed by atoms with E-state index in [9.17, 15) is 13.2 Å². The zero-order valence-electron chi connectivity index (χ0n) is 16.5. The molecule has 9 heteroatoms. The third kappa shape index (κ3) is 4.31. The largest absolute Gasteiger partial charge is 0.480 e. The quantitative estimate of drug-likeness (QED) is 0.620. The molecule has 0 aliphatic carbocycles. The Hall–Kier alpha value is -2.91. The van der Waals surface area contributed by atoms with E-state index in [0.717, 1.165) is 11.1 Å². The molecule has 30 heavy (non-hydrogen) atoms. The molecular weight excluding hydrogens is 422 g/mol. The zero-order chi connectivity index (χ0) is 21.3. The number of carbonyl (C=O) groups is 1. The number of ether oxygens (including phenoxy) is 1. The van der Waals surface area contributed by atoms with Crippen LogP contribution >= 0.6 is 11.3 Å². The Labute approximate surface area is 180 Å². The summed E-state index contributed by atoms with van der Waals surface area (Å²) in [5.74, 6) is 0.549. The first-order valence-corrected chi connectivity index (χ1v) is 11.8. The number of nitrogens with one attached hydrogen (secondary N) is 1. The fourth-order valence-electron chi connectivity index (χ4n) is 3.44. The van der Waals surface area contributed by atoms with Gasteiger partial charge in [-0.15, -0.1) is 11.3 Å². The van der Waals surface area contributed by atoms with Gasteiger partial charge in [0.2, 0.25) is 0 Å². The van der Waals surface area contributed by atoms with E-state index in [1.807, 2.05) is 26.0 Å². The summed E-state index contributed by atoms with van der Waals surface area (Å²) in [6.45, 7) is 4.49. The van der Waals surface area contributed by atoms with Crippen molar-refractivity contribution in [3.63, 3.8) is 0 Å². The minimum Gasteiger partial charge on any atom is -0.480 e. The Kier molecular flexibility index (Phi) is 5.48. The number of hydrogen-bond acceptors (Lipinski definition) is 6. The van der Waals surface area contributed by atoms with E-state index in [4.69, 9.17) is 4.74 Å². The van der Waals surface area contributed by atoms with Gasteiger partial charge in [0.05, 0.1) is 4.90 Å². The molecule has 1 fully saturated rings. The SMILES string of the molecule is Cc1cc(C)cc(OC2CCN(c3ccc(S(=O)(=O)Nc4nccs4)cc3)C2=O)c1.[HH]. The summed E-state index contributed by atoms with van der Waals surface area (Å²) in [6, 6.07) is 12.1. The van der Waals surface area contributed by atoms with Crippen LogP contribution in [0.1, 0.15) is 19.0 Å². The first kappa shape index (κ1) is 20.4. The standard InChI is InChI=1S/C21H21N3O4S2.H2/c1-14-11-15(2)13-17(12-14)28-19-7-9-24(20(19)25)16-3-5-18(6-4-16)30(26,27)23-21-22-8-10-29-21;/h3-6,8,10-13,19H,7,9H2,1-2H3,(H,22,23);1H. The molecular formula is C21H23N3O4S2. The highest BCUT2D eigenvalue weighted by molar-refractivity contribution is 7.93. The molecule has 1 aromatic heterocycles. The van der Waals surface area contributed by atoms with Crippen LogP contribution in [0.5, 0.6) is 5.75 Å². The summed E-state index contributed by atoms with van der Waals surface area (Å²) in [7, 11) is -3.73. The number of anilines is 2. The van der Waals surface area contributed by atoms with E-state index < -0.39 is 16.1 Å². The van der Waals surface area contributed by atoms with Gasteiger partial charge < -0.3 is 9.64 Å². The Morgan fingerprint density at radius 1 is 1.17 bits per heavy atom. The summed E-state index contributed by atoms with van der Waals surface area (Å²) < 4.78 is 33.3. The van der Waals surface area contributed by atoms with E-state index in [2.05, 4.69) is 15.8 Å². The highest BCUT2D eigenvalue weighted by Crippen LogP contribution is 2.27. The van der Waals surface area contributed by atoms with E-state index in [1.54, 1.807) is 22.4 Å². The van der Waals surface area contributed by atoms with Crippen molar-refractivity contribution in [3.05, 3.63) is 65.2 Å². The van der Waals surface area contributed by atoms with Crippen molar-refractivity contribution in [3.8, 4) is 5.75 Å². The van der Waals surface area contributed by atoms with Gasteiger partial charge >= 0.3 is 0 Å². The number of amides is 1. The van der Waals surface area contributed by atoms with Crippen LogP contribution in [-0.2, 0) is 14.8 Å². The lowest BCUT2D eigenvalue weighted by Gasteiger charge is -2.18. The molecule has 3 aromatic rings. The van der Waals surface area contributed by atoms with Crippen LogP contribution in [0, 0.1) is 13.8 Å². The fraction of sp³-hybridized carbons (Fsp3) is 0.238. The van der Waals surface area contributed by atoms with Crippen LogP contribution in [0.4, 0.5) is 10.8 Å². The highest BCUT2D eigenvalue weighted by Gasteiger charge is 2.34. The maximum Gasteiger partial charge on any atom is 0.268 e. The van der Waals surface area contributed by atoms with Crippen molar-refractivity contribution in [2.75, 3.05) is 16.2 Å². The molecule has 1 aliphatic heterocycles.